The van der Waals surface area contributed by atoms with Gasteiger partial charge in [0.15, 0.2) is 0 Å². The van der Waals surface area contributed by atoms with E-state index < -0.39 is 0 Å². The third-order valence-corrected chi connectivity index (χ3v) is 5.66. The van der Waals surface area contributed by atoms with Crippen LogP contribution in [0, 0.1) is 11.8 Å². The van der Waals surface area contributed by atoms with Gasteiger partial charge < -0.3 is 5.32 Å². The van der Waals surface area contributed by atoms with E-state index in [1.807, 2.05) is 0 Å². The number of fused-ring (bicyclic) bond motifs is 3. The molecule has 21 heavy (non-hydrogen) atoms. The second-order valence-electron chi connectivity index (χ2n) is 7.08. The van der Waals surface area contributed by atoms with Crippen LogP contribution in [0.4, 0.5) is 0 Å². The van der Waals surface area contributed by atoms with Crippen LogP contribution in [0.5, 0.6) is 0 Å². The van der Waals surface area contributed by atoms with Crippen LogP contribution in [-0.4, -0.2) is 29.9 Å². The molecule has 3 heteroatoms. The maximum absolute atomic E-state index is 12.3. The lowest BCUT2D eigenvalue weighted by molar-refractivity contribution is -0.123. The number of amides is 1. The first kappa shape index (κ1) is 13.3. The Hall–Kier alpha value is -1.35. The molecular formula is C18H24N2O. The van der Waals surface area contributed by atoms with E-state index in [-0.39, 0.29) is 5.91 Å². The fourth-order valence-corrected chi connectivity index (χ4v) is 4.57. The van der Waals surface area contributed by atoms with E-state index in [4.69, 9.17) is 0 Å². The lowest BCUT2D eigenvalue weighted by Crippen LogP contribution is -2.45. The summed E-state index contributed by atoms with van der Waals surface area (Å²) in [6, 6.07) is 9.07. The van der Waals surface area contributed by atoms with Gasteiger partial charge in [-0.25, -0.2) is 0 Å². The summed E-state index contributed by atoms with van der Waals surface area (Å²) >= 11 is 0. The van der Waals surface area contributed by atoms with Gasteiger partial charge in [-0.1, -0.05) is 30.7 Å². The molecule has 1 aromatic carbocycles. The van der Waals surface area contributed by atoms with Crippen LogP contribution in [0.2, 0.25) is 0 Å². The highest BCUT2D eigenvalue weighted by Gasteiger charge is 2.40. The summed E-state index contributed by atoms with van der Waals surface area (Å²) in [6.45, 7) is 2.48. The van der Waals surface area contributed by atoms with E-state index in [1.165, 1.54) is 36.8 Å². The van der Waals surface area contributed by atoms with Crippen molar-refractivity contribution in [2.45, 2.75) is 44.7 Å². The zero-order chi connectivity index (χ0) is 14.2. The van der Waals surface area contributed by atoms with Crippen molar-refractivity contribution in [3.05, 3.63) is 35.4 Å². The van der Waals surface area contributed by atoms with E-state index in [2.05, 4.69) is 34.5 Å². The second-order valence-corrected chi connectivity index (χ2v) is 7.08. The Labute approximate surface area is 126 Å². The fraction of sp³-hybridized carbons (Fsp3) is 0.611. The molecule has 1 heterocycles. The molecule has 2 aliphatic carbocycles. The summed E-state index contributed by atoms with van der Waals surface area (Å²) < 4.78 is 0. The lowest BCUT2D eigenvalue weighted by Gasteiger charge is -2.29. The first-order valence-corrected chi connectivity index (χ1v) is 8.36. The maximum Gasteiger partial charge on any atom is 0.234 e. The highest BCUT2D eigenvalue weighted by atomic mass is 16.2. The molecule has 112 valence electrons. The van der Waals surface area contributed by atoms with Crippen molar-refractivity contribution in [1.29, 1.82) is 0 Å². The molecule has 4 rings (SSSR count). The Morgan fingerprint density at radius 2 is 2.05 bits per heavy atom. The van der Waals surface area contributed by atoms with Gasteiger partial charge in [-0.15, -0.1) is 0 Å². The van der Waals surface area contributed by atoms with Gasteiger partial charge in [0.1, 0.15) is 0 Å². The molecule has 3 nitrogen and oxygen atoms in total. The van der Waals surface area contributed by atoms with E-state index in [1.54, 1.807) is 0 Å². The summed E-state index contributed by atoms with van der Waals surface area (Å²) in [7, 11) is 0. The van der Waals surface area contributed by atoms with E-state index in [9.17, 15) is 4.79 Å². The third kappa shape index (κ3) is 2.71. The molecule has 2 fully saturated rings. The molecule has 1 aromatic rings. The highest BCUT2D eigenvalue weighted by Crippen LogP contribution is 2.44. The molecular weight excluding hydrogens is 260 g/mol. The summed E-state index contributed by atoms with van der Waals surface area (Å²) in [5, 5.41) is 3.30. The minimum absolute atomic E-state index is 0.229. The number of carbonyl (C=O) groups excluding carboxylic acids is 1. The number of hydrogen-bond donors (Lipinski definition) is 1. The topological polar surface area (TPSA) is 32.3 Å². The van der Waals surface area contributed by atoms with Crippen LogP contribution in [0.15, 0.2) is 24.3 Å². The number of carbonyl (C=O) groups is 1. The van der Waals surface area contributed by atoms with Gasteiger partial charge in [0.05, 0.1) is 6.54 Å². The second kappa shape index (κ2) is 5.45. The smallest absolute Gasteiger partial charge is 0.234 e. The van der Waals surface area contributed by atoms with Crippen molar-refractivity contribution in [1.82, 2.24) is 10.2 Å². The van der Waals surface area contributed by atoms with Crippen molar-refractivity contribution < 1.29 is 4.79 Å². The van der Waals surface area contributed by atoms with Crippen LogP contribution in [0.25, 0.3) is 0 Å². The number of rotatable bonds is 3. The Balaban J connectivity index is 1.31. The molecule has 3 aliphatic rings. The van der Waals surface area contributed by atoms with Gasteiger partial charge in [-0.05, 0) is 48.6 Å². The highest BCUT2D eigenvalue weighted by molar-refractivity contribution is 5.78. The van der Waals surface area contributed by atoms with Gasteiger partial charge in [0, 0.05) is 19.1 Å². The number of nitrogens with zero attached hydrogens (tertiary/aromatic N) is 1. The quantitative estimate of drug-likeness (QED) is 0.924. The zero-order valence-corrected chi connectivity index (χ0v) is 12.6. The molecule has 0 spiro atoms. The molecule has 1 N–H and O–H groups in total. The third-order valence-electron chi connectivity index (χ3n) is 5.66. The molecule has 0 radical (unpaired) electrons. The standard InChI is InChI=1S/C18H24N2O/c21-18(19-17-10-13-5-6-15(17)9-13)12-20-8-7-14-3-1-2-4-16(14)11-20/h1-4,13,15,17H,5-12H2,(H,19,21)/t13-,15-,17+/m1/s1. The number of hydrogen-bond acceptors (Lipinski definition) is 2. The molecule has 1 aliphatic heterocycles. The molecule has 1 amide bonds. The van der Waals surface area contributed by atoms with Crippen LogP contribution in [0.3, 0.4) is 0 Å². The van der Waals surface area contributed by atoms with Crippen LogP contribution >= 0.6 is 0 Å². The minimum Gasteiger partial charge on any atom is -0.352 e. The Morgan fingerprint density at radius 1 is 1.19 bits per heavy atom. The average molecular weight is 284 g/mol. The number of nitrogens with one attached hydrogen (secondary N) is 1. The Morgan fingerprint density at radius 3 is 2.81 bits per heavy atom. The average Bonchev–Trinajstić information content (AvgIpc) is 3.09. The monoisotopic (exact) mass is 284 g/mol. The normalized spacial score (nSPS) is 31.1. The van der Waals surface area contributed by atoms with Gasteiger partial charge >= 0.3 is 0 Å². The lowest BCUT2D eigenvalue weighted by atomic mass is 9.95. The van der Waals surface area contributed by atoms with Crippen molar-refractivity contribution in [2.75, 3.05) is 13.1 Å². The van der Waals surface area contributed by atoms with Gasteiger partial charge in [-0.3, -0.25) is 9.69 Å². The van der Waals surface area contributed by atoms with E-state index in [0.29, 0.717) is 12.6 Å². The first-order chi connectivity index (χ1) is 10.3. The van der Waals surface area contributed by atoms with Crippen molar-refractivity contribution in [3.8, 4) is 0 Å². The molecule has 0 unspecified atom stereocenters. The van der Waals surface area contributed by atoms with Crippen LogP contribution < -0.4 is 5.32 Å². The van der Waals surface area contributed by atoms with Crippen molar-refractivity contribution >= 4 is 5.91 Å². The van der Waals surface area contributed by atoms with E-state index in [0.717, 1.165) is 31.3 Å². The fourth-order valence-electron chi connectivity index (χ4n) is 4.57. The summed E-state index contributed by atoms with van der Waals surface area (Å²) in [6.07, 6.45) is 6.35. The van der Waals surface area contributed by atoms with Gasteiger partial charge in [0.25, 0.3) is 0 Å². The largest absolute Gasteiger partial charge is 0.352 e. The molecule has 3 atom stereocenters. The maximum atomic E-state index is 12.3. The van der Waals surface area contributed by atoms with Gasteiger partial charge in [0.2, 0.25) is 5.91 Å². The van der Waals surface area contributed by atoms with Crippen molar-refractivity contribution in [3.63, 3.8) is 0 Å². The number of benzene rings is 1. The predicted molar refractivity (Wildman–Crippen MR) is 82.8 cm³/mol. The van der Waals surface area contributed by atoms with Crippen LogP contribution in [-0.2, 0) is 17.8 Å². The van der Waals surface area contributed by atoms with Crippen molar-refractivity contribution in [2.24, 2.45) is 11.8 Å². The predicted octanol–water partition coefficient (Wildman–Crippen LogP) is 2.35. The minimum atomic E-state index is 0.229. The summed E-state index contributed by atoms with van der Waals surface area (Å²) in [5.41, 5.74) is 2.83. The summed E-state index contributed by atoms with van der Waals surface area (Å²) in [5.74, 6) is 1.88. The van der Waals surface area contributed by atoms with E-state index >= 15 is 0 Å². The SMILES string of the molecule is O=C(CN1CCc2ccccc2C1)N[C@H]1C[C@@H]2CC[C@@H]1C2. The first-order valence-electron chi connectivity index (χ1n) is 8.36. The summed E-state index contributed by atoms with van der Waals surface area (Å²) in [4.78, 5) is 14.6. The molecule has 2 saturated carbocycles. The zero-order valence-electron chi connectivity index (χ0n) is 12.6. The van der Waals surface area contributed by atoms with Crippen LogP contribution in [0.1, 0.15) is 36.8 Å². The Kier molecular flexibility index (Phi) is 3.46. The molecule has 2 bridgehead atoms. The Bertz CT molecular complexity index is 542. The molecule has 0 saturated heterocycles. The molecule has 0 aromatic heterocycles. The van der Waals surface area contributed by atoms with Gasteiger partial charge in [-0.2, -0.15) is 0 Å².